The van der Waals surface area contributed by atoms with Gasteiger partial charge in [0.05, 0.1) is 5.25 Å². The van der Waals surface area contributed by atoms with Gasteiger partial charge in [0.1, 0.15) is 0 Å². The van der Waals surface area contributed by atoms with Crippen LogP contribution in [0, 0.1) is 0 Å². The Morgan fingerprint density at radius 2 is 1.96 bits per heavy atom. The third kappa shape index (κ3) is 3.30. The lowest BCUT2D eigenvalue weighted by Crippen LogP contribution is -2.40. The second kappa shape index (κ2) is 7.75. The molecule has 2 unspecified atom stereocenters. The summed E-state index contributed by atoms with van der Waals surface area (Å²) in [4.78, 5) is 19.2. The summed E-state index contributed by atoms with van der Waals surface area (Å²) in [5, 5.41) is 9.22. The van der Waals surface area contributed by atoms with E-state index in [0.29, 0.717) is 0 Å². The van der Waals surface area contributed by atoms with Gasteiger partial charge in [-0.25, -0.2) is 0 Å². The normalized spacial score (nSPS) is 16.8. The number of hydrogen-bond donors (Lipinski definition) is 0. The van der Waals surface area contributed by atoms with Crippen molar-refractivity contribution in [3.05, 3.63) is 54.4 Å². The molecule has 2 aromatic heterocycles. The van der Waals surface area contributed by atoms with Crippen LogP contribution in [0.1, 0.15) is 26.3 Å². The molecule has 3 heterocycles. The molecule has 0 aliphatic carbocycles. The molecule has 144 valence electrons. The van der Waals surface area contributed by atoms with E-state index >= 15 is 0 Å². The van der Waals surface area contributed by atoms with E-state index in [1.165, 1.54) is 17.3 Å². The number of carbonyl (C=O) groups excluding carboxylic acids is 1. The Kier molecular flexibility index (Phi) is 5.17. The number of rotatable bonds is 5. The fourth-order valence-electron chi connectivity index (χ4n) is 3.68. The van der Waals surface area contributed by atoms with E-state index in [4.69, 9.17) is 0 Å². The van der Waals surface area contributed by atoms with E-state index in [2.05, 4.69) is 35.1 Å². The zero-order chi connectivity index (χ0) is 19.7. The number of aromatic nitrogens is 4. The molecule has 1 aromatic carbocycles. The second-order valence-corrected chi connectivity index (χ2v) is 8.24. The lowest BCUT2D eigenvalue weighted by Gasteiger charge is -2.25. The summed E-state index contributed by atoms with van der Waals surface area (Å²) in [7, 11) is 0. The number of nitrogens with zero attached hydrogens (tertiary/aromatic N) is 5. The van der Waals surface area contributed by atoms with Crippen molar-refractivity contribution in [2.45, 2.75) is 50.2 Å². The molecule has 6 nitrogen and oxygen atoms in total. The van der Waals surface area contributed by atoms with Gasteiger partial charge in [-0.05, 0) is 51.0 Å². The number of thioether (sulfide) groups is 1. The maximum atomic E-state index is 13.2. The van der Waals surface area contributed by atoms with Crippen molar-refractivity contribution in [3.8, 4) is 11.4 Å². The van der Waals surface area contributed by atoms with Crippen LogP contribution in [0.15, 0.2) is 53.9 Å². The number of carbonyl (C=O) groups is 1. The monoisotopic (exact) mass is 393 g/mol. The van der Waals surface area contributed by atoms with Crippen LogP contribution in [0.2, 0.25) is 0 Å². The zero-order valence-electron chi connectivity index (χ0n) is 16.2. The molecule has 0 spiro atoms. The lowest BCUT2D eigenvalue weighted by molar-refractivity contribution is -0.118. The van der Waals surface area contributed by atoms with Crippen molar-refractivity contribution < 1.29 is 4.79 Å². The van der Waals surface area contributed by atoms with Gasteiger partial charge in [-0.2, -0.15) is 0 Å². The highest BCUT2D eigenvalue weighted by molar-refractivity contribution is 8.00. The quantitative estimate of drug-likeness (QED) is 0.617. The van der Waals surface area contributed by atoms with Crippen LogP contribution in [-0.2, 0) is 17.8 Å². The van der Waals surface area contributed by atoms with E-state index < -0.39 is 0 Å². The number of pyridine rings is 1. The Hall–Kier alpha value is -2.67. The SMILES string of the molecule is CCn1c(SC(C)C(=O)N2c3ccccc3CC2C)nnc1-c1ccncc1. The number of para-hydroxylation sites is 1. The third-order valence-corrected chi connectivity index (χ3v) is 6.11. The zero-order valence-corrected chi connectivity index (χ0v) is 17.1. The number of benzene rings is 1. The topological polar surface area (TPSA) is 63.9 Å². The van der Waals surface area contributed by atoms with Gasteiger partial charge in [-0.1, -0.05) is 30.0 Å². The van der Waals surface area contributed by atoms with Crippen molar-refractivity contribution in [2.75, 3.05) is 4.90 Å². The van der Waals surface area contributed by atoms with Crippen LogP contribution in [0.5, 0.6) is 0 Å². The molecule has 0 bridgehead atoms. The molecule has 3 aromatic rings. The molecule has 7 heteroatoms. The van der Waals surface area contributed by atoms with Crippen molar-refractivity contribution >= 4 is 23.4 Å². The van der Waals surface area contributed by atoms with Crippen LogP contribution in [0.4, 0.5) is 5.69 Å². The second-order valence-electron chi connectivity index (χ2n) is 6.94. The molecule has 4 rings (SSSR count). The first-order valence-corrected chi connectivity index (χ1v) is 10.4. The largest absolute Gasteiger partial charge is 0.308 e. The van der Waals surface area contributed by atoms with Gasteiger partial charge in [0.2, 0.25) is 5.91 Å². The van der Waals surface area contributed by atoms with Gasteiger partial charge in [0, 0.05) is 36.2 Å². The van der Waals surface area contributed by atoms with Gasteiger partial charge >= 0.3 is 0 Å². The molecule has 0 radical (unpaired) electrons. The highest BCUT2D eigenvalue weighted by atomic mass is 32.2. The predicted octanol–water partition coefficient (Wildman–Crippen LogP) is 3.82. The summed E-state index contributed by atoms with van der Waals surface area (Å²) in [6, 6.07) is 12.2. The van der Waals surface area contributed by atoms with Crippen LogP contribution in [-0.4, -0.2) is 36.9 Å². The minimum atomic E-state index is -0.256. The standard InChI is InChI=1S/C21H23N5OS/c1-4-25-19(16-9-11-22-12-10-16)23-24-21(25)28-15(3)20(27)26-14(2)13-17-7-5-6-8-18(17)26/h5-12,14-15H,4,13H2,1-3H3. The van der Waals surface area contributed by atoms with Crippen molar-refractivity contribution in [2.24, 2.45) is 0 Å². The number of hydrogen-bond acceptors (Lipinski definition) is 5. The summed E-state index contributed by atoms with van der Waals surface area (Å²) in [5.41, 5.74) is 3.23. The molecule has 0 N–H and O–H groups in total. The fraction of sp³-hybridized carbons (Fsp3) is 0.333. The van der Waals surface area contributed by atoms with Gasteiger partial charge in [-0.15, -0.1) is 10.2 Å². The van der Waals surface area contributed by atoms with Crippen molar-refractivity contribution in [1.82, 2.24) is 19.7 Å². The van der Waals surface area contributed by atoms with E-state index in [1.54, 1.807) is 12.4 Å². The molecule has 1 aliphatic heterocycles. The summed E-state index contributed by atoms with van der Waals surface area (Å²) in [6.07, 6.45) is 4.39. The Morgan fingerprint density at radius 1 is 1.21 bits per heavy atom. The van der Waals surface area contributed by atoms with Crippen molar-refractivity contribution in [3.63, 3.8) is 0 Å². The number of fused-ring (bicyclic) bond motifs is 1. The molecule has 1 aliphatic rings. The lowest BCUT2D eigenvalue weighted by atomic mass is 10.1. The fourth-order valence-corrected chi connectivity index (χ4v) is 4.64. The molecule has 2 atom stereocenters. The van der Waals surface area contributed by atoms with Crippen molar-refractivity contribution in [1.29, 1.82) is 0 Å². The third-order valence-electron chi connectivity index (χ3n) is 5.05. The first-order chi connectivity index (χ1) is 13.6. The highest BCUT2D eigenvalue weighted by Gasteiger charge is 2.34. The first kappa shape index (κ1) is 18.7. The molecule has 28 heavy (non-hydrogen) atoms. The Labute approximate surface area is 169 Å². The first-order valence-electron chi connectivity index (χ1n) is 9.51. The average Bonchev–Trinajstić information content (AvgIpc) is 3.27. The molecular weight excluding hydrogens is 370 g/mol. The molecule has 1 amide bonds. The van der Waals surface area contributed by atoms with E-state index in [-0.39, 0.29) is 17.2 Å². The van der Waals surface area contributed by atoms with E-state index in [9.17, 15) is 4.79 Å². The van der Waals surface area contributed by atoms with Gasteiger partial charge < -0.3 is 9.47 Å². The molecular formula is C21H23N5OS. The Bertz CT molecular complexity index is 987. The number of amides is 1. The van der Waals surface area contributed by atoms with Crippen LogP contribution < -0.4 is 4.90 Å². The summed E-state index contributed by atoms with van der Waals surface area (Å²) < 4.78 is 2.05. The predicted molar refractivity (Wildman–Crippen MR) is 111 cm³/mol. The average molecular weight is 394 g/mol. The highest BCUT2D eigenvalue weighted by Crippen LogP contribution is 2.35. The summed E-state index contributed by atoms with van der Waals surface area (Å²) >= 11 is 1.46. The molecule has 0 saturated carbocycles. The van der Waals surface area contributed by atoms with Gasteiger partial charge in [0.25, 0.3) is 0 Å². The van der Waals surface area contributed by atoms with Crippen LogP contribution in [0.25, 0.3) is 11.4 Å². The molecule has 0 fully saturated rings. The number of anilines is 1. The van der Waals surface area contributed by atoms with Gasteiger partial charge in [0.15, 0.2) is 11.0 Å². The van der Waals surface area contributed by atoms with Crippen LogP contribution >= 0.6 is 11.8 Å². The maximum Gasteiger partial charge on any atom is 0.240 e. The Morgan fingerprint density at radius 3 is 2.71 bits per heavy atom. The summed E-state index contributed by atoms with van der Waals surface area (Å²) in [6.45, 7) is 6.84. The summed E-state index contributed by atoms with van der Waals surface area (Å²) in [5.74, 6) is 0.908. The van der Waals surface area contributed by atoms with Gasteiger partial charge in [-0.3, -0.25) is 9.78 Å². The smallest absolute Gasteiger partial charge is 0.240 e. The molecule has 0 saturated heterocycles. The maximum absolute atomic E-state index is 13.2. The van der Waals surface area contributed by atoms with E-state index in [1.807, 2.05) is 46.7 Å². The Balaban J connectivity index is 1.57. The minimum absolute atomic E-state index is 0.110. The van der Waals surface area contributed by atoms with E-state index in [0.717, 1.165) is 35.2 Å². The van der Waals surface area contributed by atoms with Crippen LogP contribution in [0.3, 0.4) is 0 Å². The minimum Gasteiger partial charge on any atom is -0.308 e.